The third-order valence-corrected chi connectivity index (χ3v) is 3.44. The van der Waals surface area contributed by atoms with Crippen LogP contribution in [0.2, 0.25) is 5.02 Å². The maximum absolute atomic E-state index is 14.0. The van der Waals surface area contributed by atoms with Gasteiger partial charge in [-0.15, -0.1) is 0 Å². The van der Waals surface area contributed by atoms with Crippen LogP contribution in [-0.2, 0) is 6.42 Å². The van der Waals surface area contributed by atoms with E-state index in [0.29, 0.717) is 11.4 Å². The van der Waals surface area contributed by atoms with E-state index < -0.39 is 6.17 Å². The molecule has 0 bridgehead atoms. The van der Waals surface area contributed by atoms with E-state index in [1.807, 2.05) is 24.3 Å². The van der Waals surface area contributed by atoms with Crippen LogP contribution in [0, 0.1) is 5.92 Å². The Bertz CT molecular complexity index is 319. The van der Waals surface area contributed by atoms with Gasteiger partial charge in [-0.3, -0.25) is 0 Å². The SMILES string of the molecule is FC(Cc1ccc(Cl)cc1)C1CCCNC1. The smallest absolute Gasteiger partial charge is 0.108 e. The zero-order valence-corrected chi connectivity index (χ0v) is 10.0. The van der Waals surface area contributed by atoms with Gasteiger partial charge in [-0.25, -0.2) is 4.39 Å². The lowest BCUT2D eigenvalue weighted by molar-refractivity contribution is 0.191. The summed E-state index contributed by atoms with van der Waals surface area (Å²) in [6.45, 7) is 1.85. The molecule has 1 fully saturated rings. The van der Waals surface area contributed by atoms with Crippen LogP contribution in [0.25, 0.3) is 0 Å². The first kappa shape index (κ1) is 11.9. The molecule has 0 aliphatic carbocycles. The van der Waals surface area contributed by atoms with Crippen LogP contribution in [0.5, 0.6) is 0 Å². The summed E-state index contributed by atoms with van der Waals surface area (Å²) < 4.78 is 14.0. The molecule has 0 amide bonds. The van der Waals surface area contributed by atoms with E-state index in [1.54, 1.807) is 0 Å². The number of hydrogen-bond donors (Lipinski definition) is 1. The summed E-state index contributed by atoms with van der Waals surface area (Å²) in [5.41, 5.74) is 1.03. The highest BCUT2D eigenvalue weighted by atomic mass is 35.5. The third-order valence-electron chi connectivity index (χ3n) is 3.19. The fourth-order valence-electron chi connectivity index (χ4n) is 2.20. The van der Waals surface area contributed by atoms with Crippen LogP contribution in [-0.4, -0.2) is 19.3 Å². The molecule has 1 saturated heterocycles. The highest BCUT2D eigenvalue weighted by molar-refractivity contribution is 6.30. The van der Waals surface area contributed by atoms with Crippen molar-refractivity contribution in [2.75, 3.05) is 13.1 Å². The number of halogens is 2. The highest BCUT2D eigenvalue weighted by Gasteiger charge is 2.23. The van der Waals surface area contributed by atoms with E-state index in [1.165, 1.54) is 0 Å². The summed E-state index contributed by atoms with van der Waals surface area (Å²) in [6, 6.07) is 7.46. The van der Waals surface area contributed by atoms with Gasteiger partial charge in [-0.2, -0.15) is 0 Å². The number of hydrogen-bond acceptors (Lipinski definition) is 1. The molecule has 0 radical (unpaired) electrons. The van der Waals surface area contributed by atoms with Gasteiger partial charge in [0.1, 0.15) is 6.17 Å². The number of piperidine rings is 1. The molecule has 2 rings (SSSR count). The molecule has 0 spiro atoms. The Morgan fingerprint density at radius 3 is 2.75 bits per heavy atom. The van der Waals surface area contributed by atoms with E-state index >= 15 is 0 Å². The second-order valence-corrected chi connectivity index (χ2v) is 4.89. The lowest BCUT2D eigenvalue weighted by Crippen LogP contribution is -2.35. The van der Waals surface area contributed by atoms with Gasteiger partial charge < -0.3 is 5.32 Å². The van der Waals surface area contributed by atoms with Crippen molar-refractivity contribution >= 4 is 11.6 Å². The minimum absolute atomic E-state index is 0.171. The maximum Gasteiger partial charge on any atom is 0.108 e. The lowest BCUT2D eigenvalue weighted by Gasteiger charge is -2.25. The standard InChI is InChI=1S/C13H17ClFN/c14-12-5-3-10(4-6-12)8-13(15)11-2-1-7-16-9-11/h3-6,11,13,16H,1-2,7-9H2. The second kappa shape index (κ2) is 5.65. The fraction of sp³-hybridized carbons (Fsp3) is 0.538. The first-order valence-corrected chi connectivity index (χ1v) is 6.23. The van der Waals surface area contributed by atoms with Gasteiger partial charge in [-0.05, 0) is 37.1 Å². The number of nitrogens with one attached hydrogen (secondary N) is 1. The molecule has 1 N–H and O–H groups in total. The van der Waals surface area contributed by atoms with Crippen molar-refractivity contribution in [3.8, 4) is 0 Å². The Morgan fingerprint density at radius 2 is 2.12 bits per heavy atom. The molecular formula is C13H17ClFN. The topological polar surface area (TPSA) is 12.0 Å². The lowest BCUT2D eigenvalue weighted by atomic mass is 9.91. The Hall–Kier alpha value is -0.600. The molecule has 1 aliphatic rings. The predicted molar refractivity (Wildman–Crippen MR) is 65.6 cm³/mol. The van der Waals surface area contributed by atoms with Crippen molar-refractivity contribution in [1.29, 1.82) is 0 Å². The summed E-state index contributed by atoms with van der Waals surface area (Å²) in [6.07, 6.45) is 1.85. The van der Waals surface area contributed by atoms with Gasteiger partial charge in [0, 0.05) is 23.9 Å². The molecule has 0 saturated carbocycles. The normalized spacial score (nSPS) is 23.0. The molecule has 2 atom stereocenters. The second-order valence-electron chi connectivity index (χ2n) is 4.45. The monoisotopic (exact) mass is 241 g/mol. The van der Waals surface area contributed by atoms with Crippen LogP contribution in [0.15, 0.2) is 24.3 Å². The predicted octanol–water partition coefficient (Wildman–Crippen LogP) is 3.22. The number of benzene rings is 1. The minimum atomic E-state index is -0.742. The molecule has 88 valence electrons. The molecule has 1 aromatic carbocycles. The van der Waals surface area contributed by atoms with E-state index in [-0.39, 0.29) is 5.92 Å². The van der Waals surface area contributed by atoms with Gasteiger partial charge in [0.15, 0.2) is 0 Å². The summed E-state index contributed by atoms with van der Waals surface area (Å²) in [7, 11) is 0. The number of alkyl halides is 1. The van der Waals surface area contributed by atoms with Crippen molar-refractivity contribution < 1.29 is 4.39 Å². The summed E-state index contributed by atoms with van der Waals surface area (Å²) in [5.74, 6) is 0.171. The average Bonchev–Trinajstić information content (AvgIpc) is 2.33. The van der Waals surface area contributed by atoms with E-state index in [2.05, 4.69) is 5.32 Å². The molecule has 1 aliphatic heterocycles. The van der Waals surface area contributed by atoms with Crippen molar-refractivity contribution in [2.24, 2.45) is 5.92 Å². The van der Waals surface area contributed by atoms with Crippen LogP contribution in [0.3, 0.4) is 0 Å². The molecular weight excluding hydrogens is 225 g/mol. The van der Waals surface area contributed by atoms with Gasteiger partial charge >= 0.3 is 0 Å². The fourth-order valence-corrected chi connectivity index (χ4v) is 2.33. The summed E-state index contributed by atoms with van der Waals surface area (Å²) in [5, 5.41) is 3.96. The molecule has 2 unspecified atom stereocenters. The first-order chi connectivity index (χ1) is 7.75. The average molecular weight is 242 g/mol. The molecule has 0 aromatic heterocycles. The maximum atomic E-state index is 14.0. The van der Waals surface area contributed by atoms with Crippen molar-refractivity contribution in [3.05, 3.63) is 34.9 Å². The van der Waals surface area contributed by atoms with E-state index in [9.17, 15) is 4.39 Å². The Kier molecular flexibility index (Phi) is 4.19. The van der Waals surface area contributed by atoms with Gasteiger partial charge in [-0.1, -0.05) is 23.7 Å². The molecule has 3 heteroatoms. The number of rotatable bonds is 3. The molecule has 1 nitrogen and oxygen atoms in total. The Morgan fingerprint density at radius 1 is 1.38 bits per heavy atom. The Balaban J connectivity index is 1.90. The molecule has 1 aromatic rings. The zero-order valence-electron chi connectivity index (χ0n) is 9.26. The van der Waals surface area contributed by atoms with Crippen LogP contribution < -0.4 is 5.32 Å². The van der Waals surface area contributed by atoms with E-state index in [0.717, 1.165) is 31.5 Å². The third kappa shape index (κ3) is 3.19. The van der Waals surface area contributed by atoms with E-state index in [4.69, 9.17) is 11.6 Å². The summed E-state index contributed by atoms with van der Waals surface area (Å²) >= 11 is 5.79. The summed E-state index contributed by atoms with van der Waals surface area (Å²) in [4.78, 5) is 0. The molecule has 16 heavy (non-hydrogen) atoms. The zero-order chi connectivity index (χ0) is 11.4. The van der Waals surface area contributed by atoms with Gasteiger partial charge in [0.2, 0.25) is 0 Å². The van der Waals surface area contributed by atoms with Gasteiger partial charge in [0.25, 0.3) is 0 Å². The van der Waals surface area contributed by atoms with Crippen LogP contribution in [0.4, 0.5) is 4.39 Å². The minimum Gasteiger partial charge on any atom is -0.316 e. The van der Waals surface area contributed by atoms with Crippen molar-refractivity contribution in [1.82, 2.24) is 5.32 Å². The van der Waals surface area contributed by atoms with Crippen molar-refractivity contribution in [3.63, 3.8) is 0 Å². The quantitative estimate of drug-likeness (QED) is 0.857. The van der Waals surface area contributed by atoms with Gasteiger partial charge in [0.05, 0.1) is 0 Å². The first-order valence-electron chi connectivity index (χ1n) is 5.85. The molecule has 1 heterocycles. The van der Waals surface area contributed by atoms with Crippen molar-refractivity contribution in [2.45, 2.75) is 25.4 Å². The largest absolute Gasteiger partial charge is 0.316 e. The van der Waals surface area contributed by atoms with Crippen LogP contribution in [0.1, 0.15) is 18.4 Å². The highest BCUT2D eigenvalue weighted by Crippen LogP contribution is 2.21. The van der Waals surface area contributed by atoms with Crippen LogP contribution >= 0.6 is 11.6 Å². The Labute approximate surface area is 101 Å².